The Morgan fingerprint density at radius 1 is 1.13 bits per heavy atom. The number of hydrogen-bond donors (Lipinski definition) is 2. The van der Waals surface area contributed by atoms with E-state index >= 15 is 0 Å². The van der Waals surface area contributed by atoms with Crippen molar-refractivity contribution in [3.05, 3.63) is 70.8 Å². The summed E-state index contributed by atoms with van der Waals surface area (Å²) in [5, 5.41) is 18.0. The SMILES string of the molecule is O=S(=O)(c1ccccc1C(F)(F)F)N1CCCC(CNc2cc(-c3ccccc3O)nc3c(Br)cnn23)C1. The lowest BCUT2D eigenvalue weighted by Crippen LogP contribution is -2.42. The van der Waals surface area contributed by atoms with Crippen LogP contribution in [-0.4, -0.2) is 52.1 Å². The molecule has 2 aromatic heterocycles. The van der Waals surface area contributed by atoms with E-state index in [1.54, 1.807) is 41.0 Å². The number of aromatic nitrogens is 3. The number of phenolic OH excluding ortho intramolecular Hbond substituents is 1. The summed E-state index contributed by atoms with van der Waals surface area (Å²) in [7, 11) is -4.35. The molecule has 0 amide bonds. The van der Waals surface area contributed by atoms with Gasteiger partial charge in [-0.05, 0) is 59.0 Å². The van der Waals surface area contributed by atoms with Crippen LogP contribution in [0, 0.1) is 5.92 Å². The van der Waals surface area contributed by atoms with Gasteiger partial charge in [0.05, 0.1) is 26.8 Å². The molecule has 8 nitrogen and oxygen atoms in total. The van der Waals surface area contributed by atoms with Gasteiger partial charge < -0.3 is 10.4 Å². The molecule has 3 heterocycles. The van der Waals surface area contributed by atoms with Gasteiger partial charge in [-0.15, -0.1) is 0 Å². The minimum atomic E-state index is -4.78. The van der Waals surface area contributed by atoms with Crippen molar-refractivity contribution in [1.29, 1.82) is 0 Å². The zero-order valence-electron chi connectivity index (χ0n) is 19.9. The zero-order chi connectivity index (χ0) is 27.1. The van der Waals surface area contributed by atoms with Crippen LogP contribution in [0.3, 0.4) is 0 Å². The number of anilines is 1. The summed E-state index contributed by atoms with van der Waals surface area (Å²) in [6, 6.07) is 12.8. The van der Waals surface area contributed by atoms with Gasteiger partial charge in [0.15, 0.2) is 5.65 Å². The number of phenols is 1. The third-order valence-electron chi connectivity index (χ3n) is 6.47. The highest BCUT2D eigenvalue weighted by Crippen LogP contribution is 2.36. The largest absolute Gasteiger partial charge is 0.507 e. The van der Waals surface area contributed by atoms with Crippen LogP contribution in [0.25, 0.3) is 16.9 Å². The van der Waals surface area contributed by atoms with E-state index in [9.17, 15) is 26.7 Å². The highest BCUT2D eigenvalue weighted by Gasteiger charge is 2.39. The predicted molar refractivity (Wildman–Crippen MR) is 139 cm³/mol. The van der Waals surface area contributed by atoms with Crippen LogP contribution >= 0.6 is 15.9 Å². The first kappa shape index (κ1) is 26.4. The second-order valence-corrected chi connectivity index (χ2v) is 11.8. The molecule has 0 bridgehead atoms. The maximum Gasteiger partial charge on any atom is 0.417 e. The highest BCUT2D eigenvalue weighted by molar-refractivity contribution is 9.10. The van der Waals surface area contributed by atoms with Crippen molar-refractivity contribution in [2.24, 2.45) is 5.92 Å². The summed E-state index contributed by atoms with van der Waals surface area (Å²) < 4.78 is 70.4. The van der Waals surface area contributed by atoms with Gasteiger partial charge in [-0.2, -0.15) is 27.1 Å². The minimum absolute atomic E-state index is 0.0678. The van der Waals surface area contributed by atoms with Crippen LogP contribution in [0.5, 0.6) is 5.75 Å². The van der Waals surface area contributed by atoms with Gasteiger partial charge in [0.25, 0.3) is 0 Å². The smallest absolute Gasteiger partial charge is 0.417 e. The molecule has 4 aromatic rings. The van der Waals surface area contributed by atoms with E-state index in [-0.39, 0.29) is 24.8 Å². The summed E-state index contributed by atoms with van der Waals surface area (Å²) in [6.45, 7) is 0.572. The average molecular weight is 610 g/mol. The van der Waals surface area contributed by atoms with E-state index in [1.807, 2.05) is 0 Å². The van der Waals surface area contributed by atoms with Crippen molar-refractivity contribution >= 4 is 37.4 Å². The molecule has 5 rings (SSSR count). The third kappa shape index (κ3) is 5.09. The number of piperidine rings is 1. The molecular weight excluding hydrogens is 587 g/mol. The molecule has 2 aromatic carbocycles. The van der Waals surface area contributed by atoms with Crippen molar-refractivity contribution in [3.8, 4) is 17.0 Å². The molecule has 0 aliphatic carbocycles. The third-order valence-corrected chi connectivity index (χ3v) is 8.96. The Kier molecular flexibility index (Phi) is 7.09. The molecule has 13 heteroatoms. The fraction of sp³-hybridized carbons (Fsp3) is 0.280. The maximum absolute atomic E-state index is 13.5. The number of benzene rings is 2. The Hall–Kier alpha value is -3.16. The fourth-order valence-corrected chi connectivity index (χ4v) is 6.73. The second kappa shape index (κ2) is 10.2. The van der Waals surface area contributed by atoms with Gasteiger partial charge in [0, 0.05) is 31.3 Å². The standard InChI is InChI=1S/C25H23BrF3N5O3S/c26-19-14-31-34-23(12-20(32-24(19)34)17-7-1-3-9-21(17)35)30-13-16-6-5-11-33(15-16)38(36,37)22-10-4-2-8-18(22)25(27,28)29/h1-4,7-10,12,14,16,30,35H,5-6,11,13,15H2. The molecule has 1 aliphatic heterocycles. The first-order valence-electron chi connectivity index (χ1n) is 11.8. The van der Waals surface area contributed by atoms with Crippen LogP contribution < -0.4 is 5.32 Å². The molecule has 1 unspecified atom stereocenters. The summed E-state index contributed by atoms with van der Waals surface area (Å²) in [6.07, 6.45) is -1.98. The first-order chi connectivity index (χ1) is 18.1. The minimum Gasteiger partial charge on any atom is -0.507 e. The Balaban J connectivity index is 1.39. The normalized spacial score (nSPS) is 17.1. The molecular formula is C25H23BrF3N5O3S. The summed E-state index contributed by atoms with van der Waals surface area (Å²) in [5.74, 6) is 0.479. The molecule has 0 saturated carbocycles. The van der Waals surface area contributed by atoms with Crippen LogP contribution in [0.15, 0.2) is 70.2 Å². The predicted octanol–water partition coefficient (Wildman–Crippen LogP) is 5.40. The second-order valence-electron chi connectivity index (χ2n) is 9.02. The Bertz CT molecular complexity index is 1590. The lowest BCUT2D eigenvalue weighted by Gasteiger charge is -2.32. The number of nitrogens with zero attached hydrogens (tertiary/aromatic N) is 4. The van der Waals surface area contributed by atoms with Gasteiger partial charge in [-0.25, -0.2) is 13.4 Å². The number of sulfonamides is 1. The lowest BCUT2D eigenvalue weighted by molar-refractivity contribution is -0.139. The number of aromatic hydroxyl groups is 1. The van der Waals surface area contributed by atoms with Crippen LogP contribution in [0.4, 0.5) is 19.0 Å². The van der Waals surface area contributed by atoms with Crippen molar-refractivity contribution in [2.75, 3.05) is 25.0 Å². The summed E-state index contributed by atoms with van der Waals surface area (Å²) >= 11 is 3.44. The van der Waals surface area contributed by atoms with E-state index in [1.165, 1.54) is 12.1 Å². The molecule has 1 saturated heterocycles. The zero-order valence-corrected chi connectivity index (χ0v) is 22.3. The van der Waals surface area contributed by atoms with Crippen molar-refractivity contribution < 1.29 is 26.7 Å². The number of hydrogen-bond acceptors (Lipinski definition) is 6. The van der Waals surface area contributed by atoms with Gasteiger partial charge in [0.1, 0.15) is 11.6 Å². The molecule has 1 atom stereocenters. The molecule has 200 valence electrons. The van der Waals surface area contributed by atoms with E-state index in [0.717, 1.165) is 16.4 Å². The quantitative estimate of drug-likeness (QED) is 0.304. The fourth-order valence-electron chi connectivity index (χ4n) is 4.62. The van der Waals surface area contributed by atoms with E-state index < -0.39 is 26.7 Å². The van der Waals surface area contributed by atoms with Gasteiger partial charge in [-0.3, -0.25) is 0 Å². The number of rotatable bonds is 6. The van der Waals surface area contributed by atoms with E-state index in [2.05, 4.69) is 31.3 Å². The molecule has 1 aliphatic rings. The van der Waals surface area contributed by atoms with Crippen LogP contribution in [0.2, 0.25) is 0 Å². The monoisotopic (exact) mass is 609 g/mol. The summed E-state index contributed by atoms with van der Waals surface area (Å²) in [5.41, 5.74) is 0.394. The number of alkyl halides is 3. The first-order valence-corrected chi connectivity index (χ1v) is 14.0. The van der Waals surface area contributed by atoms with Crippen LogP contribution in [0.1, 0.15) is 18.4 Å². The van der Waals surface area contributed by atoms with Crippen molar-refractivity contribution in [3.63, 3.8) is 0 Å². The van der Waals surface area contributed by atoms with Crippen molar-refractivity contribution in [2.45, 2.75) is 23.9 Å². The molecule has 0 spiro atoms. The topological polar surface area (TPSA) is 99.8 Å². The number of nitrogens with one attached hydrogen (secondary N) is 1. The van der Waals surface area contributed by atoms with E-state index in [0.29, 0.717) is 46.6 Å². The highest BCUT2D eigenvalue weighted by atomic mass is 79.9. The average Bonchev–Trinajstić information content (AvgIpc) is 3.28. The summed E-state index contributed by atoms with van der Waals surface area (Å²) in [4.78, 5) is 3.87. The van der Waals surface area contributed by atoms with Gasteiger partial charge in [0.2, 0.25) is 10.0 Å². The molecule has 0 radical (unpaired) electrons. The number of fused-ring (bicyclic) bond motifs is 1. The molecule has 1 fully saturated rings. The van der Waals surface area contributed by atoms with Gasteiger partial charge in [-0.1, -0.05) is 24.3 Å². The molecule has 2 N–H and O–H groups in total. The maximum atomic E-state index is 13.5. The lowest BCUT2D eigenvalue weighted by atomic mass is 10.00. The van der Waals surface area contributed by atoms with Crippen LogP contribution in [-0.2, 0) is 16.2 Å². The van der Waals surface area contributed by atoms with E-state index in [4.69, 9.17) is 0 Å². The number of halogens is 4. The Labute approximate surface area is 225 Å². The Morgan fingerprint density at radius 2 is 1.87 bits per heavy atom. The van der Waals surface area contributed by atoms with Gasteiger partial charge >= 0.3 is 6.18 Å². The van der Waals surface area contributed by atoms with Crippen molar-refractivity contribution in [1.82, 2.24) is 18.9 Å². The molecule has 38 heavy (non-hydrogen) atoms. The Morgan fingerprint density at radius 3 is 2.63 bits per heavy atom. The number of para-hydroxylation sites is 1.